The van der Waals surface area contributed by atoms with E-state index >= 15 is 0 Å². The largest absolute Gasteiger partial charge is 0.497 e. The molecule has 6 nitrogen and oxygen atoms in total. The Kier molecular flexibility index (Phi) is 2.70. The Morgan fingerprint density at radius 1 is 1.30 bits per heavy atom. The third kappa shape index (κ3) is 1.65. The van der Waals surface area contributed by atoms with E-state index in [1.807, 2.05) is 24.3 Å². The average Bonchev–Trinajstić information content (AvgIpc) is 3.11. The molecule has 4 rings (SSSR count). The minimum Gasteiger partial charge on any atom is -0.497 e. The van der Waals surface area contributed by atoms with Gasteiger partial charge < -0.3 is 24.2 Å². The average molecular weight is 277 g/mol. The lowest BCUT2D eigenvalue weighted by Gasteiger charge is -2.32. The number of rotatable bonds is 2. The number of nitrogens with zero attached hydrogens (tertiary/aromatic N) is 1. The predicted molar refractivity (Wildman–Crippen MR) is 68.5 cm³/mol. The summed E-state index contributed by atoms with van der Waals surface area (Å²) < 4.78 is 16.1. The number of methoxy groups -OCH3 is 1. The summed E-state index contributed by atoms with van der Waals surface area (Å²) in [5.41, 5.74) is 1.66. The van der Waals surface area contributed by atoms with E-state index in [9.17, 15) is 5.11 Å². The molecule has 2 saturated heterocycles. The first-order chi connectivity index (χ1) is 9.78. The quantitative estimate of drug-likeness (QED) is 0.854. The number of aliphatic hydroxyl groups excluding tert-OH is 1. The van der Waals surface area contributed by atoms with Gasteiger partial charge in [-0.15, -0.1) is 0 Å². The fourth-order valence-electron chi connectivity index (χ4n) is 3.02. The maximum Gasteiger partial charge on any atom is 0.184 e. The van der Waals surface area contributed by atoms with Gasteiger partial charge in [0.2, 0.25) is 0 Å². The fourth-order valence-corrected chi connectivity index (χ4v) is 3.02. The van der Waals surface area contributed by atoms with Crippen LogP contribution in [0.15, 0.2) is 29.4 Å². The molecular weight excluding hydrogens is 262 g/mol. The molecule has 5 atom stereocenters. The lowest BCUT2D eigenvalue weighted by atomic mass is 9.84. The molecule has 1 aromatic carbocycles. The van der Waals surface area contributed by atoms with Crippen molar-refractivity contribution in [2.24, 2.45) is 11.1 Å². The van der Waals surface area contributed by atoms with Crippen LogP contribution in [-0.2, 0) is 14.3 Å². The Balaban J connectivity index is 1.65. The number of benzene rings is 1. The first-order valence-corrected chi connectivity index (χ1v) is 6.61. The molecule has 0 aliphatic carbocycles. The van der Waals surface area contributed by atoms with Gasteiger partial charge in [0.25, 0.3) is 0 Å². The van der Waals surface area contributed by atoms with Crippen molar-refractivity contribution in [3.63, 3.8) is 0 Å². The third-order valence-electron chi connectivity index (χ3n) is 4.08. The highest BCUT2D eigenvalue weighted by Crippen LogP contribution is 2.39. The van der Waals surface area contributed by atoms with Crippen LogP contribution >= 0.6 is 0 Å². The smallest absolute Gasteiger partial charge is 0.184 e. The zero-order valence-corrected chi connectivity index (χ0v) is 10.9. The molecule has 0 amide bonds. The van der Waals surface area contributed by atoms with Crippen LogP contribution in [0.25, 0.3) is 0 Å². The first-order valence-electron chi connectivity index (χ1n) is 6.61. The van der Waals surface area contributed by atoms with E-state index in [0.717, 1.165) is 17.0 Å². The summed E-state index contributed by atoms with van der Waals surface area (Å²) in [6, 6.07) is 7.55. The van der Waals surface area contributed by atoms with Crippen molar-refractivity contribution in [3.05, 3.63) is 29.8 Å². The van der Waals surface area contributed by atoms with Crippen LogP contribution in [0, 0.1) is 5.92 Å². The Bertz CT molecular complexity index is 543. The SMILES string of the molecule is COc1ccc(C2=NO[C@H]3[C@@H]2[C@H](O)[C@@H]2OC[C@@H]3O2)cc1. The summed E-state index contributed by atoms with van der Waals surface area (Å²) >= 11 is 0. The van der Waals surface area contributed by atoms with Crippen molar-refractivity contribution >= 4 is 5.71 Å². The predicted octanol–water partition coefficient (Wildman–Crippen LogP) is 0.530. The molecule has 0 radical (unpaired) electrons. The van der Waals surface area contributed by atoms with Crippen LogP contribution in [0.2, 0.25) is 0 Å². The molecule has 2 bridgehead atoms. The number of ether oxygens (including phenoxy) is 3. The molecule has 3 aliphatic heterocycles. The summed E-state index contributed by atoms with van der Waals surface area (Å²) in [4.78, 5) is 5.47. The van der Waals surface area contributed by atoms with Crippen molar-refractivity contribution in [1.29, 1.82) is 0 Å². The van der Waals surface area contributed by atoms with Crippen LogP contribution in [0.5, 0.6) is 5.75 Å². The van der Waals surface area contributed by atoms with Crippen LogP contribution in [0.4, 0.5) is 0 Å². The highest BCUT2D eigenvalue weighted by atomic mass is 16.8. The molecule has 0 aromatic heterocycles. The Morgan fingerprint density at radius 2 is 2.10 bits per heavy atom. The van der Waals surface area contributed by atoms with Crippen molar-refractivity contribution in [1.82, 2.24) is 0 Å². The lowest BCUT2D eigenvalue weighted by Crippen LogP contribution is -2.51. The van der Waals surface area contributed by atoms with Gasteiger partial charge in [-0.1, -0.05) is 5.16 Å². The van der Waals surface area contributed by atoms with Crippen LogP contribution in [0.3, 0.4) is 0 Å². The molecule has 106 valence electrons. The van der Waals surface area contributed by atoms with Gasteiger partial charge in [0.1, 0.15) is 18.0 Å². The maximum atomic E-state index is 10.4. The number of aliphatic hydroxyl groups is 1. The standard InChI is InChI=1S/C14H15NO5/c1-17-8-4-2-7(3-5-8)11-10-12(16)14-18-6-9(19-14)13(10)20-15-11/h2-5,9-10,12-14,16H,6H2,1H3/t9-,10-,12-,13+,14+/m0/s1. The van der Waals surface area contributed by atoms with Gasteiger partial charge in [0.05, 0.1) is 25.3 Å². The van der Waals surface area contributed by atoms with E-state index in [2.05, 4.69) is 5.16 Å². The summed E-state index contributed by atoms with van der Waals surface area (Å²) in [7, 11) is 1.62. The Morgan fingerprint density at radius 3 is 2.85 bits per heavy atom. The molecule has 3 aliphatic rings. The van der Waals surface area contributed by atoms with Gasteiger partial charge in [-0.25, -0.2) is 0 Å². The molecule has 0 saturated carbocycles. The molecule has 1 aromatic rings. The number of oxime groups is 1. The zero-order valence-electron chi connectivity index (χ0n) is 10.9. The Labute approximate surface area is 115 Å². The molecule has 6 heteroatoms. The maximum absolute atomic E-state index is 10.4. The molecule has 2 fully saturated rings. The van der Waals surface area contributed by atoms with E-state index in [1.54, 1.807) is 7.11 Å². The summed E-state index contributed by atoms with van der Waals surface area (Å²) in [5.74, 6) is 0.565. The highest BCUT2D eigenvalue weighted by Gasteiger charge is 2.56. The second-order valence-corrected chi connectivity index (χ2v) is 5.17. The van der Waals surface area contributed by atoms with E-state index in [4.69, 9.17) is 19.0 Å². The van der Waals surface area contributed by atoms with Crippen LogP contribution < -0.4 is 4.74 Å². The van der Waals surface area contributed by atoms with Crippen molar-refractivity contribution in [2.45, 2.75) is 24.6 Å². The summed E-state index contributed by atoms with van der Waals surface area (Å²) in [5, 5.41) is 14.5. The van der Waals surface area contributed by atoms with Gasteiger partial charge >= 0.3 is 0 Å². The zero-order chi connectivity index (χ0) is 13.7. The lowest BCUT2D eigenvalue weighted by molar-refractivity contribution is -0.197. The normalized spacial score (nSPS) is 38.1. The minimum absolute atomic E-state index is 0.159. The molecule has 0 spiro atoms. The van der Waals surface area contributed by atoms with E-state index < -0.39 is 12.4 Å². The van der Waals surface area contributed by atoms with E-state index in [0.29, 0.717) is 6.61 Å². The molecule has 20 heavy (non-hydrogen) atoms. The monoisotopic (exact) mass is 277 g/mol. The highest BCUT2D eigenvalue weighted by molar-refractivity contribution is 6.03. The molecule has 1 N–H and O–H groups in total. The number of fused-ring (bicyclic) bond motifs is 4. The molecule has 0 unspecified atom stereocenters. The van der Waals surface area contributed by atoms with E-state index in [1.165, 1.54) is 0 Å². The van der Waals surface area contributed by atoms with Gasteiger partial charge in [-0.2, -0.15) is 0 Å². The summed E-state index contributed by atoms with van der Waals surface area (Å²) in [6.07, 6.45) is -1.78. The van der Waals surface area contributed by atoms with Gasteiger partial charge in [0, 0.05) is 5.56 Å². The van der Waals surface area contributed by atoms with Gasteiger partial charge in [-0.05, 0) is 24.3 Å². The van der Waals surface area contributed by atoms with Crippen molar-refractivity contribution in [2.75, 3.05) is 13.7 Å². The summed E-state index contributed by atoms with van der Waals surface area (Å²) in [6.45, 7) is 0.439. The van der Waals surface area contributed by atoms with Gasteiger partial charge in [0.15, 0.2) is 12.4 Å². The second-order valence-electron chi connectivity index (χ2n) is 5.17. The van der Waals surface area contributed by atoms with Gasteiger partial charge in [-0.3, -0.25) is 0 Å². The van der Waals surface area contributed by atoms with Crippen LogP contribution in [0.1, 0.15) is 5.56 Å². The fraction of sp³-hybridized carbons (Fsp3) is 0.500. The number of hydrogen-bond donors (Lipinski definition) is 1. The number of hydrogen-bond acceptors (Lipinski definition) is 6. The third-order valence-corrected chi connectivity index (χ3v) is 4.08. The van der Waals surface area contributed by atoms with Crippen molar-refractivity contribution in [3.8, 4) is 5.75 Å². The topological polar surface area (TPSA) is 69.5 Å². The molecule has 3 heterocycles. The second kappa shape index (κ2) is 4.44. The molecular formula is C14H15NO5. The Hall–Kier alpha value is -1.63. The first kappa shape index (κ1) is 12.1. The minimum atomic E-state index is -0.762. The van der Waals surface area contributed by atoms with Crippen molar-refractivity contribution < 1.29 is 24.2 Å². The van der Waals surface area contributed by atoms with E-state index in [-0.39, 0.29) is 18.1 Å². The van der Waals surface area contributed by atoms with Crippen LogP contribution in [-0.4, -0.2) is 49.1 Å².